The van der Waals surface area contributed by atoms with Gasteiger partial charge in [-0.25, -0.2) is 4.79 Å². The Labute approximate surface area is 131 Å². The second kappa shape index (κ2) is 8.00. The van der Waals surface area contributed by atoms with Crippen LogP contribution in [0.3, 0.4) is 0 Å². The van der Waals surface area contributed by atoms with Gasteiger partial charge in [0.15, 0.2) is 5.78 Å². The van der Waals surface area contributed by atoms with E-state index < -0.39 is 5.97 Å². The third kappa shape index (κ3) is 6.14. The number of benzene rings is 1. The molecule has 0 spiro atoms. The minimum Gasteiger partial charge on any atom is -0.507 e. The van der Waals surface area contributed by atoms with E-state index in [1.165, 1.54) is 18.2 Å². The normalized spacial score (nSPS) is 10.7. The molecule has 0 bridgehead atoms. The van der Waals surface area contributed by atoms with E-state index in [0.717, 1.165) is 0 Å². The average Bonchev–Trinajstić information content (AvgIpc) is 2.36. The molecule has 0 fully saturated rings. The molecule has 0 amide bonds. The van der Waals surface area contributed by atoms with Gasteiger partial charge in [-0.15, -0.1) is 12.4 Å². The van der Waals surface area contributed by atoms with Crippen LogP contribution >= 0.6 is 12.4 Å². The van der Waals surface area contributed by atoms with Crippen molar-refractivity contribution in [2.45, 2.75) is 33.2 Å². The molecule has 6 heteroatoms. The van der Waals surface area contributed by atoms with Crippen LogP contribution in [0.5, 0.6) is 5.75 Å². The lowest BCUT2D eigenvalue weighted by atomic mass is 10.0. The van der Waals surface area contributed by atoms with Gasteiger partial charge in [-0.2, -0.15) is 0 Å². The van der Waals surface area contributed by atoms with E-state index in [4.69, 9.17) is 4.74 Å². The summed E-state index contributed by atoms with van der Waals surface area (Å²) < 4.78 is 4.83. The standard InChI is InChI=1S/C15H21NO4.ClH/c1-5-20-14(19)11-8-10(6-7-12(11)17)13(18)9-16-15(2,3)4;/h6-8,16-17H,5,9H2,1-4H3;1H. The van der Waals surface area contributed by atoms with Crippen LogP contribution < -0.4 is 5.32 Å². The molecule has 1 aromatic rings. The maximum absolute atomic E-state index is 12.0. The zero-order chi connectivity index (χ0) is 15.3. The number of phenols is 1. The lowest BCUT2D eigenvalue weighted by molar-refractivity contribution is 0.0523. The van der Waals surface area contributed by atoms with Crippen LogP contribution in [-0.4, -0.2) is 35.5 Å². The number of hydrogen-bond acceptors (Lipinski definition) is 5. The highest BCUT2D eigenvalue weighted by molar-refractivity contribution is 6.01. The third-order valence-electron chi connectivity index (χ3n) is 2.59. The Bertz CT molecular complexity index is 509. The van der Waals surface area contributed by atoms with Crippen molar-refractivity contribution < 1.29 is 19.4 Å². The van der Waals surface area contributed by atoms with Gasteiger partial charge in [0.2, 0.25) is 0 Å². The highest BCUT2D eigenvalue weighted by Gasteiger charge is 2.17. The topological polar surface area (TPSA) is 75.6 Å². The number of carbonyl (C=O) groups excluding carboxylic acids is 2. The molecular formula is C15H22ClNO4. The largest absolute Gasteiger partial charge is 0.507 e. The van der Waals surface area contributed by atoms with Crippen LogP contribution in [0.15, 0.2) is 18.2 Å². The van der Waals surface area contributed by atoms with Gasteiger partial charge >= 0.3 is 5.97 Å². The van der Waals surface area contributed by atoms with Crippen molar-refractivity contribution in [2.75, 3.05) is 13.2 Å². The second-order valence-electron chi connectivity index (χ2n) is 5.48. The van der Waals surface area contributed by atoms with Crippen LogP contribution in [0, 0.1) is 0 Å². The predicted molar refractivity (Wildman–Crippen MR) is 83.4 cm³/mol. The molecule has 0 aliphatic rings. The Balaban J connectivity index is 0.00000400. The Morgan fingerprint density at radius 1 is 1.29 bits per heavy atom. The van der Waals surface area contributed by atoms with Crippen molar-refractivity contribution in [1.29, 1.82) is 0 Å². The van der Waals surface area contributed by atoms with Crippen LogP contribution in [0.25, 0.3) is 0 Å². The minimum atomic E-state index is -0.636. The molecule has 5 nitrogen and oxygen atoms in total. The quantitative estimate of drug-likeness (QED) is 0.645. The number of esters is 1. The molecule has 0 aliphatic heterocycles. The van der Waals surface area contributed by atoms with Crippen molar-refractivity contribution >= 4 is 24.2 Å². The first kappa shape index (κ1) is 19.4. The Morgan fingerprint density at radius 3 is 2.43 bits per heavy atom. The number of Topliss-reactive ketones (excluding diaryl/α,β-unsaturated/α-hetero) is 1. The van der Waals surface area contributed by atoms with Gasteiger partial charge in [-0.05, 0) is 45.9 Å². The van der Waals surface area contributed by atoms with Gasteiger partial charge in [0.05, 0.1) is 13.2 Å². The van der Waals surface area contributed by atoms with Crippen molar-refractivity contribution in [3.05, 3.63) is 29.3 Å². The van der Waals surface area contributed by atoms with E-state index in [1.807, 2.05) is 20.8 Å². The number of rotatable bonds is 5. The summed E-state index contributed by atoms with van der Waals surface area (Å²) in [5.74, 6) is -0.974. The summed E-state index contributed by atoms with van der Waals surface area (Å²) in [5, 5.41) is 12.7. The summed E-state index contributed by atoms with van der Waals surface area (Å²) in [6.07, 6.45) is 0. The van der Waals surface area contributed by atoms with Gasteiger partial charge in [0, 0.05) is 11.1 Å². The van der Waals surface area contributed by atoms with Gasteiger partial charge in [-0.1, -0.05) is 0 Å². The molecule has 0 aromatic heterocycles. The van der Waals surface area contributed by atoms with E-state index in [9.17, 15) is 14.7 Å². The number of hydrogen-bond donors (Lipinski definition) is 2. The van der Waals surface area contributed by atoms with E-state index in [-0.39, 0.29) is 48.2 Å². The molecule has 2 N–H and O–H groups in total. The molecule has 0 aliphatic carbocycles. The van der Waals surface area contributed by atoms with Crippen LogP contribution in [-0.2, 0) is 4.74 Å². The van der Waals surface area contributed by atoms with Crippen molar-refractivity contribution in [3.8, 4) is 5.75 Å². The summed E-state index contributed by atoms with van der Waals surface area (Å²) in [6, 6.07) is 4.18. The number of phenolic OH excluding ortho intramolecular Hbond substituents is 1. The molecule has 0 heterocycles. The fourth-order valence-corrected chi connectivity index (χ4v) is 1.53. The highest BCUT2D eigenvalue weighted by Crippen LogP contribution is 2.20. The lowest BCUT2D eigenvalue weighted by Crippen LogP contribution is -2.39. The number of halogens is 1. The van der Waals surface area contributed by atoms with Crippen LogP contribution in [0.2, 0.25) is 0 Å². The summed E-state index contributed by atoms with van der Waals surface area (Å²) in [4.78, 5) is 23.7. The summed E-state index contributed by atoms with van der Waals surface area (Å²) in [6.45, 7) is 7.93. The highest BCUT2D eigenvalue weighted by atomic mass is 35.5. The first-order valence-electron chi connectivity index (χ1n) is 6.53. The fourth-order valence-electron chi connectivity index (χ4n) is 1.53. The van der Waals surface area contributed by atoms with Gasteiger partial charge in [0.25, 0.3) is 0 Å². The minimum absolute atomic E-state index is 0. The molecule has 1 aromatic carbocycles. The Morgan fingerprint density at radius 2 is 1.90 bits per heavy atom. The molecule has 118 valence electrons. The number of ether oxygens (including phenoxy) is 1. The SMILES string of the molecule is CCOC(=O)c1cc(C(=O)CNC(C)(C)C)ccc1O.Cl. The fraction of sp³-hybridized carbons (Fsp3) is 0.467. The summed E-state index contributed by atoms with van der Waals surface area (Å²) in [7, 11) is 0. The molecule has 1 rings (SSSR count). The zero-order valence-corrected chi connectivity index (χ0v) is 13.5. The van der Waals surface area contributed by atoms with Gasteiger partial charge in [-0.3, -0.25) is 4.79 Å². The van der Waals surface area contributed by atoms with Crippen LogP contribution in [0.4, 0.5) is 0 Å². The molecule has 0 saturated carbocycles. The van der Waals surface area contributed by atoms with Gasteiger partial charge in [0.1, 0.15) is 11.3 Å². The van der Waals surface area contributed by atoms with E-state index >= 15 is 0 Å². The predicted octanol–water partition coefficient (Wildman–Crippen LogP) is 2.56. The average molecular weight is 316 g/mol. The second-order valence-corrected chi connectivity index (χ2v) is 5.48. The molecule has 21 heavy (non-hydrogen) atoms. The molecule has 0 saturated heterocycles. The molecular weight excluding hydrogens is 294 g/mol. The number of ketones is 1. The maximum atomic E-state index is 12.0. The first-order chi connectivity index (χ1) is 9.24. The molecule has 0 atom stereocenters. The molecule has 0 unspecified atom stereocenters. The maximum Gasteiger partial charge on any atom is 0.341 e. The van der Waals surface area contributed by atoms with E-state index in [2.05, 4.69) is 5.32 Å². The van der Waals surface area contributed by atoms with Crippen LogP contribution in [0.1, 0.15) is 48.4 Å². The van der Waals surface area contributed by atoms with Crippen molar-refractivity contribution in [3.63, 3.8) is 0 Å². The first-order valence-corrected chi connectivity index (χ1v) is 6.53. The summed E-state index contributed by atoms with van der Waals surface area (Å²) >= 11 is 0. The lowest BCUT2D eigenvalue weighted by Gasteiger charge is -2.19. The van der Waals surface area contributed by atoms with E-state index in [1.54, 1.807) is 6.92 Å². The van der Waals surface area contributed by atoms with Gasteiger partial charge < -0.3 is 15.2 Å². The zero-order valence-electron chi connectivity index (χ0n) is 12.7. The monoisotopic (exact) mass is 315 g/mol. The number of carbonyl (C=O) groups is 2. The van der Waals surface area contributed by atoms with E-state index in [0.29, 0.717) is 5.56 Å². The smallest absolute Gasteiger partial charge is 0.341 e. The number of aromatic hydroxyl groups is 1. The van der Waals surface area contributed by atoms with Crippen molar-refractivity contribution in [1.82, 2.24) is 5.32 Å². The van der Waals surface area contributed by atoms with Crippen molar-refractivity contribution in [2.24, 2.45) is 0 Å². The summed E-state index contributed by atoms with van der Waals surface area (Å²) in [5.41, 5.74) is 0.201. The Hall–Kier alpha value is -1.59. The molecule has 0 radical (unpaired) electrons. The number of nitrogens with one attached hydrogen (secondary N) is 1. The Kier molecular flexibility index (Phi) is 7.39. The third-order valence-corrected chi connectivity index (χ3v) is 2.59.